The Hall–Kier alpha value is -1.12. The smallest absolute Gasteiger partial charge is 0.125 e. The molecule has 3 aliphatic rings. The van der Waals surface area contributed by atoms with Crippen molar-refractivity contribution in [3.63, 3.8) is 0 Å². The van der Waals surface area contributed by atoms with Crippen LogP contribution in [0.4, 0.5) is 0 Å². The normalized spacial score (nSPS) is 32.6. The van der Waals surface area contributed by atoms with E-state index in [4.69, 9.17) is 4.74 Å². The summed E-state index contributed by atoms with van der Waals surface area (Å²) in [5.74, 6) is 6.12. The molecule has 3 aliphatic carbocycles. The van der Waals surface area contributed by atoms with Gasteiger partial charge in [0, 0.05) is 6.42 Å². The second-order valence-electron chi connectivity index (χ2n) is 10.5. The van der Waals surface area contributed by atoms with Crippen LogP contribution < -0.4 is 0 Å². The molecule has 3 saturated carbocycles. The third-order valence-corrected chi connectivity index (χ3v) is 7.97. The van der Waals surface area contributed by atoms with Gasteiger partial charge in [-0.25, -0.2) is 0 Å². The largest absolute Gasteiger partial charge is 0.393 e. The Morgan fingerprint density at radius 1 is 1.03 bits per heavy atom. The number of aliphatic hydroxyl groups is 3. The molecule has 2 atom stereocenters. The topological polar surface area (TPSA) is 69.9 Å². The number of allylic oxidation sites excluding steroid dienone is 3. The quantitative estimate of drug-likeness (QED) is 0.389. The standard InChI is InChI=1S/C28H44O4/c1-3-28(31,4-2)14-5-6-17-32-26-11-15-27(16-12-26)13-7-8-22(21-27)9-10-23-18-24(29)20-25(30)19-23/h9-10,24-26,29-31H,3-4,6-8,11-13,15-21H2,1-2H3/b22-9+/t24-,25-,26?,27?/m0/s1. The van der Waals surface area contributed by atoms with Crippen molar-refractivity contribution in [1.29, 1.82) is 0 Å². The summed E-state index contributed by atoms with van der Waals surface area (Å²) in [4.78, 5) is 0. The number of hydrogen-bond acceptors (Lipinski definition) is 4. The van der Waals surface area contributed by atoms with Gasteiger partial charge in [-0.2, -0.15) is 0 Å². The number of ether oxygens (including phenoxy) is 1. The molecule has 3 fully saturated rings. The molecule has 3 N–H and O–H groups in total. The molecule has 0 aromatic rings. The Balaban J connectivity index is 1.44. The monoisotopic (exact) mass is 444 g/mol. The summed E-state index contributed by atoms with van der Waals surface area (Å²) >= 11 is 0. The van der Waals surface area contributed by atoms with Crippen molar-refractivity contribution in [2.45, 2.75) is 128 Å². The molecule has 32 heavy (non-hydrogen) atoms. The second-order valence-corrected chi connectivity index (χ2v) is 10.5. The van der Waals surface area contributed by atoms with Crippen LogP contribution in [0.1, 0.15) is 104 Å². The molecular weight excluding hydrogens is 400 g/mol. The van der Waals surface area contributed by atoms with Crippen molar-refractivity contribution < 1.29 is 20.1 Å². The van der Waals surface area contributed by atoms with Crippen molar-refractivity contribution in [3.8, 4) is 11.8 Å². The molecule has 0 aromatic carbocycles. The first-order valence-electron chi connectivity index (χ1n) is 12.9. The van der Waals surface area contributed by atoms with Crippen LogP contribution in [0.15, 0.2) is 23.3 Å². The van der Waals surface area contributed by atoms with Crippen LogP contribution in [-0.2, 0) is 4.74 Å². The van der Waals surface area contributed by atoms with E-state index in [1.807, 2.05) is 13.8 Å². The number of aliphatic hydroxyl groups excluding tert-OH is 2. The fourth-order valence-corrected chi connectivity index (χ4v) is 5.76. The maximum absolute atomic E-state index is 10.2. The van der Waals surface area contributed by atoms with Crippen molar-refractivity contribution in [2.75, 3.05) is 6.61 Å². The van der Waals surface area contributed by atoms with Crippen LogP contribution in [0.5, 0.6) is 0 Å². The van der Waals surface area contributed by atoms with Gasteiger partial charge in [-0.05, 0) is 88.9 Å². The van der Waals surface area contributed by atoms with E-state index in [0.29, 0.717) is 56.7 Å². The Kier molecular flexibility index (Phi) is 9.44. The van der Waals surface area contributed by atoms with Crippen LogP contribution in [0, 0.1) is 17.3 Å². The average molecular weight is 445 g/mol. The highest BCUT2D eigenvalue weighted by molar-refractivity contribution is 5.22. The van der Waals surface area contributed by atoms with Gasteiger partial charge < -0.3 is 20.1 Å². The molecule has 0 heterocycles. The minimum absolute atomic E-state index is 0.348. The van der Waals surface area contributed by atoms with Gasteiger partial charge in [0.2, 0.25) is 0 Å². The van der Waals surface area contributed by atoms with Crippen LogP contribution >= 0.6 is 0 Å². The third-order valence-electron chi connectivity index (χ3n) is 7.97. The maximum atomic E-state index is 10.2. The lowest BCUT2D eigenvalue weighted by Gasteiger charge is -2.43. The fourth-order valence-electron chi connectivity index (χ4n) is 5.76. The van der Waals surface area contributed by atoms with Gasteiger partial charge in [0.15, 0.2) is 0 Å². The molecule has 0 unspecified atom stereocenters. The summed E-state index contributed by atoms with van der Waals surface area (Å²) in [6.45, 7) is 4.60. The van der Waals surface area contributed by atoms with Crippen molar-refractivity contribution in [2.24, 2.45) is 5.41 Å². The lowest BCUT2D eigenvalue weighted by molar-refractivity contribution is -0.00693. The van der Waals surface area contributed by atoms with E-state index >= 15 is 0 Å². The first-order chi connectivity index (χ1) is 15.4. The predicted molar refractivity (Wildman–Crippen MR) is 129 cm³/mol. The summed E-state index contributed by atoms with van der Waals surface area (Å²) in [5, 5.41) is 30.0. The fraction of sp³-hybridized carbons (Fsp3) is 0.786. The van der Waals surface area contributed by atoms with Crippen molar-refractivity contribution >= 4 is 0 Å². The molecular formula is C28H44O4. The third kappa shape index (κ3) is 7.45. The van der Waals surface area contributed by atoms with Crippen LogP contribution in [0.3, 0.4) is 0 Å². The minimum Gasteiger partial charge on any atom is -0.393 e. The highest BCUT2D eigenvalue weighted by Crippen LogP contribution is 2.49. The molecule has 0 saturated heterocycles. The minimum atomic E-state index is -0.837. The summed E-state index contributed by atoms with van der Waals surface area (Å²) in [6, 6.07) is 0. The van der Waals surface area contributed by atoms with Crippen LogP contribution in [0.2, 0.25) is 0 Å². The van der Waals surface area contributed by atoms with E-state index < -0.39 is 17.8 Å². The van der Waals surface area contributed by atoms with Gasteiger partial charge in [0.25, 0.3) is 0 Å². The van der Waals surface area contributed by atoms with Gasteiger partial charge in [-0.3, -0.25) is 0 Å². The van der Waals surface area contributed by atoms with E-state index in [-0.39, 0.29) is 0 Å². The van der Waals surface area contributed by atoms with Crippen LogP contribution in [-0.4, -0.2) is 45.8 Å². The molecule has 1 spiro atoms. The predicted octanol–water partition coefficient (Wildman–Crippen LogP) is 5.21. The zero-order chi connectivity index (χ0) is 23.0. The molecule has 180 valence electrons. The molecule has 0 aliphatic heterocycles. The molecule has 0 bridgehead atoms. The summed E-state index contributed by atoms with van der Waals surface area (Å²) in [7, 11) is 0. The van der Waals surface area contributed by atoms with E-state index in [9.17, 15) is 15.3 Å². The van der Waals surface area contributed by atoms with Crippen molar-refractivity contribution in [1.82, 2.24) is 0 Å². The van der Waals surface area contributed by atoms with Gasteiger partial charge in [0.05, 0.1) is 24.9 Å². The van der Waals surface area contributed by atoms with Gasteiger partial charge >= 0.3 is 0 Å². The zero-order valence-corrected chi connectivity index (χ0v) is 20.2. The van der Waals surface area contributed by atoms with Crippen LogP contribution in [0.25, 0.3) is 0 Å². The van der Waals surface area contributed by atoms with Crippen molar-refractivity contribution in [3.05, 3.63) is 23.3 Å². The highest BCUT2D eigenvalue weighted by atomic mass is 16.5. The SMILES string of the molecule is CCC(O)(C#CCCOC1CCC2(CCC/C(=C\C=C3C[C@H](O)C[C@@H](O)C3)C2)CC1)CC. The van der Waals surface area contributed by atoms with Gasteiger partial charge in [-0.1, -0.05) is 49.0 Å². The first-order valence-corrected chi connectivity index (χ1v) is 12.9. The van der Waals surface area contributed by atoms with E-state index in [2.05, 4.69) is 24.0 Å². The lowest BCUT2D eigenvalue weighted by Crippen LogP contribution is -2.33. The summed E-state index contributed by atoms with van der Waals surface area (Å²) in [5.41, 5.74) is 2.31. The number of rotatable bonds is 6. The lowest BCUT2D eigenvalue weighted by atomic mass is 9.63. The van der Waals surface area contributed by atoms with E-state index in [0.717, 1.165) is 12.8 Å². The summed E-state index contributed by atoms with van der Waals surface area (Å²) < 4.78 is 6.12. The summed E-state index contributed by atoms with van der Waals surface area (Å²) in [6.07, 6.45) is 17.6. The first kappa shape index (κ1) is 25.5. The molecule has 3 rings (SSSR count). The van der Waals surface area contributed by atoms with Gasteiger partial charge in [-0.15, -0.1) is 0 Å². The second kappa shape index (κ2) is 11.8. The Morgan fingerprint density at radius 3 is 2.34 bits per heavy atom. The molecule has 4 nitrogen and oxygen atoms in total. The van der Waals surface area contributed by atoms with E-state index in [1.54, 1.807) is 0 Å². The molecule has 0 amide bonds. The van der Waals surface area contributed by atoms with Gasteiger partial charge in [0.1, 0.15) is 5.60 Å². The maximum Gasteiger partial charge on any atom is 0.125 e. The van der Waals surface area contributed by atoms with E-state index in [1.165, 1.54) is 49.7 Å². The Labute approximate surface area is 195 Å². The zero-order valence-electron chi connectivity index (χ0n) is 20.2. The Bertz CT molecular complexity index is 701. The molecule has 4 heteroatoms. The average Bonchev–Trinajstić information content (AvgIpc) is 2.78. The molecule has 0 aromatic heterocycles. The highest BCUT2D eigenvalue weighted by Gasteiger charge is 2.37. The Morgan fingerprint density at radius 2 is 1.69 bits per heavy atom. The number of hydrogen-bond donors (Lipinski definition) is 3. The molecule has 0 radical (unpaired) electrons.